The van der Waals surface area contributed by atoms with Gasteiger partial charge in [-0.05, 0) is 74.4 Å². The van der Waals surface area contributed by atoms with E-state index in [1.807, 2.05) is 25.2 Å². The summed E-state index contributed by atoms with van der Waals surface area (Å²) >= 11 is 0. The smallest absolute Gasteiger partial charge is 0.257 e. The molecule has 5 rings (SSSR count). The molecule has 1 aliphatic carbocycles. The molecule has 0 unspecified atom stereocenters. The maximum atomic E-state index is 13.7. The topological polar surface area (TPSA) is 123 Å². The highest BCUT2D eigenvalue weighted by atomic mass is 32.2. The molecule has 2 saturated heterocycles. The van der Waals surface area contributed by atoms with E-state index in [-0.39, 0.29) is 17.8 Å². The van der Waals surface area contributed by atoms with Crippen LogP contribution >= 0.6 is 0 Å². The molecular weight excluding hydrogens is 518 g/mol. The largest absolute Gasteiger partial charge is 0.395 e. The van der Waals surface area contributed by atoms with E-state index in [9.17, 15) is 13.2 Å². The Morgan fingerprint density at radius 1 is 1.03 bits per heavy atom. The number of benzene rings is 2. The number of aliphatic hydroxyl groups excluding tert-OH is 1. The van der Waals surface area contributed by atoms with Gasteiger partial charge in [0.25, 0.3) is 5.91 Å². The second-order valence-corrected chi connectivity index (χ2v) is 12.8. The summed E-state index contributed by atoms with van der Waals surface area (Å²) in [5.74, 6) is -0.635. The second-order valence-electron chi connectivity index (χ2n) is 10.9. The first-order valence-electron chi connectivity index (χ1n) is 13.7. The van der Waals surface area contributed by atoms with Gasteiger partial charge in [0.05, 0.1) is 53.4 Å². The van der Waals surface area contributed by atoms with Gasteiger partial charge in [-0.25, -0.2) is 8.42 Å². The molecule has 0 radical (unpaired) electrons. The van der Waals surface area contributed by atoms with E-state index >= 15 is 0 Å². The van der Waals surface area contributed by atoms with Crippen LogP contribution in [0, 0.1) is 5.41 Å². The number of hydrogen-bond acceptors (Lipinski definition) is 8. The zero-order chi connectivity index (χ0) is 27.6. The van der Waals surface area contributed by atoms with Gasteiger partial charge in [0.2, 0.25) is 10.0 Å². The monoisotopic (exact) mass is 557 g/mol. The zero-order valence-electron chi connectivity index (χ0n) is 22.7. The van der Waals surface area contributed by atoms with Crippen LogP contribution in [0.5, 0.6) is 0 Å². The lowest BCUT2D eigenvalue weighted by Gasteiger charge is -2.35. The van der Waals surface area contributed by atoms with Gasteiger partial charge in [0.1, 0.15) is 0 Å². The molecule has 2 heterocycles. The van der Waals surface area contributed by atoms with Crippen molar-refractivity contribution in [1.29, 1.82) is 0 Å². The SMILES string of the molecule is CNc1ccc(NC(=O)c2ccc(NS(=O)(=O)CCO)cc2N2CCC3(CC2)CC3)cc1N1CCO[C@H](C)C1. The molecule has 11 heteroatoms. The molecule has 2 aromatic rings. The van der Waals surface area contributed by atoms with Crippen LogP contribution in [0.3, 0.4) is 0 Å². The van der Waals surface area contributed by atoms with Crippen molar-refractivity contribution in [2.45, 2.75) is 38.7 Å². The third kappa shape index (κ3) is 6.42. The van der Waals surface area contributed by atoms with Crippen LogP contribution in [0.25, 0.3) is 0 Å². The fraction of sp³-hybridized carbons (Fsp3) is 0.536. The lowest BCUT2D eigenvalue weighted by molar-refractivity contribution is 0.0533. The molecule has 2 aliphatic heterocycles. The predicted octanol–water partition coefficient (Wildman–Crippen LogP) is 3.32. The lowest BCUT2D eigenvalue weighted by atomic mass is 9.93. The maximum Gasteiger partial charge on any atom is 0.257 e. The molecule has 3 fully saturated rings. The fourth-order valence-corrected chi connectivity index (χ4v) is 6.44. The summed E-state index contributed by atoms with van der Waals surface area (Å²) in [4.78, 5) is 18.1. The van der Waals surface area contributed by atoms with E-state index in [4.69, 9.17) is 9.84 Å². The normalized spacial score (nSPS) is 20.5. The molecule has 2 aromatic carbocycles. The average molecular weight is 558 g/mol. The third-order valence-corrected chi connectivity index (χ3v) is 9.37. The number of hydrogen-bond donors (Lipinski definition) is 4. The van der Waals surface area contributed by atoms with Crippen LogP contribution in [0.2, 0.25) is 0 Å². The highest BCUT2D eigenvalue weighted by Crippen LogP contribution is 2.54. The quantitative estimate of drug-likeness (QED) is 0.370. The molecule has 0 bridgehead atoms. The number of sulfonamides is 1. The van der Waals surface area contributed by atoms with Gasteiger partial charge in [-0.2, -0.15) is 0 Å². The Bertz CT molecular complexity index is 1300. The summed E-state index contributed by atoms with van der Waals surface area (Å²) in [5, 5.41) is 15.4. The van der Waals surface area contributed by atoms with Crippen LogP contribution in [0.15, 0.2) is 36.4 Å². The van der Waals surface area contributed by atoms with Crippen LogP contribution in [-0.4, -0.2) is 77.7 Å². The summed E-state index contributed by atoms with van der Waals surface area (Å²) in [6.07, 6.45) is 4.80. The van der Waals surface area contributed by atoms with Crippen molar-refractivity contribution in [3.8, 4) is 0 Å². The summed E-state index contributed by atoms with van der Waals surface area (Å²) in [6.45, 7) is 5.42. The van der Waals surface area contributed by atoms with Crippen LogP contribution < -0.4 is 25.2 Å². The first kappa shape index (κ1) is 27.5. The van der Waals surface area contributed by atoms with Gasteiger partial charge in [-0.1, -0.05) is 0 Å². The van der Waals surface area contributed by atoms with Crippen LogP contribution in [0.4, 0.5) is 28.4 Å². The van der Waals surface area contributed by atoms with Crippen molar-refractivity contribution in [1.82, 2.24) is 0 Å². The third-order valence-electron chi connectivity index (χ3n) is 8.10. The van der Waals surface area contributed by atoms with Gasteiger partial charge >= 0.3 is 0 Å². The Balaban J connectivity index is 1.41. The predicted molar refractivity (Wildman–Crippen MR) is 156 cm³/mol. The van der Waals surface area contributed by atoms with E-state index in [2.05, 4.69) is 32.1 Å². The molecular formula is C28H39N5O5S. The van der Waals surface area contributed by atoms with Gasteiger partial charge in [-0.3, -0.25) is 9.52 Å². The van der Waals surface area contributed by atoms with Gasteiger partial charge < -0.3 is 30.3 Å². The standard InChI is InChI=1S/C28H39N5O5S/c1-20-19-33(13-15-38-20)26-17-21(4-6-24(26)29-2)30-27(35)23-5-3-22(31-39(36,37)16-14-34)18-25(23)32-11-9-28(7-8-28)10-12-32/h3-6,17-18,20,29,31,34H,7-16,19H2,1-2H3,(H,30,35)/t20-/m1/s1. The van der Waals surface area contributed by atoms with Gasteiger partial charge in [-0.15, -0.1) is 0 Å². The first-order chi connectivity index (χ1) is 18.7. The molecule has 39 heavy (non-hydrogen) atoms. The number of nitrogens with zero attached hydrogens (tertiary/aromatic N) is 2. The number of aliphatic hydroxyl groups is 1. The molecule has 3 aliphatic rings. The number of amides is 1. The van der Waals surface area contributed by atoms with E-state index in [0.29, 0.717) is 34.6 Å². The molecule has 1 saturated carbocycles. The summed E-state index contributed by atoms with van der Waals surface area (Å²) in [5.41, 5.74) is 4.70. The Morgan fingerprint density at radius 3 is 2.41 bits per heavy atom. The number of carbonyl (C=O) groups is 1. The number of morpholine rings is 1. The van der Waals surface area contributed by atoms with Crippen molar-refractivity contribution in [3.63, 3.8) is 0 Å². The Kier molecular flexibility index (Phi) is 7.93. The highest BCUT2D eigenvalue weighted by molar-refractivity contribution is 7.92. The summed E-state index contributed by atoms with van der Waals surface area (Å²) in [7, 11) is -1.80. The summed E-state index contributed by atoms with van der Waals surface area (Å²) < 4.78 is 32.8. The average Bonchev–Trinajstić information content (AvgIpc) is 3.67. The molecule has 10 nitrogen and oxygen atoms in total. The Morgan fingerprint density at radius 2 is 1.74 bits per heavy atom. The lowest BCUT2D eigenvalue weighted by Crippen LogP contribution is -2.41. The molecule has 4 N–H and O–H groups in total. The van der Waals surface area contributed by atoms with Crippen molar-refractivity contribution >= 4 is 44.4 Å². The molecule has 212 valence electrons. The molecule has 1 amide bonds. The minimum atomic E-state index is -3.69. The zero-order valence-corrected chi connectivity index (χ0v) is 23.5. The molecule has 0 aromatic heterocycles. The summed E-state index contributed by atoms with van der Waals surface area (Å²) in [6, 6.07) is 10.8. The second kappa shape index (κ2) is 11.2. The number of anilines is 5. The number of rotatable bonds is 9. The maximum absolute atomic E-state index is 13.7. The highest BCUT2D eigenvalue weighted by Gasteiger charge is 2.44. The number of nitrogens with one attached hydrogen (secondary N) is 3. The first-order valence-corrected chi connectivity index (χ1v) is 15.4. The molecule has 1 spiro atoms. The van der Waals surface area contributed by atoms with E-state index in [1.54, 1.807) is 18.2 Å². The van der Waals surface area contributed by atoms with Crippen molar-refractivity contribution in [2.75, 3.05) is 77.3 Å². The molecule has 1 atom stereocenters. The fourth-order valence-electron chi connectivity index (χ4n) is 5.62. The van der Waals surface area contributed by atoms with Crippen molar-refractivity contribution in [3.05, 3.63) is 42.0 Å². The number of ether oxygens (including phenoxy) is 1. The van der Waals surface area contributed by atoms with Crippen LogP contribution in [0.1, 0.15) is 43.0 Å². The minimum Gasteiger partial charge on any atom is -0.395 e. The van der Waals surface area contributed by atoms with E-state index in [0.717, 1.165) is 50.4 Å². The van der Waals surface area contributed by atoms with Crippen LogP contribution in [-0.2, 0) is 14.8 Å². The van der Waals surface area contributed by atoms with Gasteiger partial charge in [0, 0.05) is 38.9 Å². The van der Waals surface area contributed by atoms with Crippen molar-refractivity contribution in [2.24, 2.45) is 5.41 Å². The van der Waals surface area contributed by atoms with Gasteiger partial charge in [0.15, 0.2) is 0 Å². The van der Waals surface area contributed by atoms with E-state index < -0.39 is 16.6 Å². The Labute approximate surface area is 230 Å². The Hall–Kier alpha value is -3.02. The van der Waals surface area contributed by atoms with Crippen molar-refractivity contribution < 1.29 is 23.1 Å². The number of piperidine rings is 1. The van der Waals surface area contributed by atoms with E-state index in [1.165, 1.54) is 12.8 Å². The minimum absolute atomic E-state index is 0.122. The number of carbonyl (C=O) groups excluding carboxylic acids is 1.